The average Bonchev–Trinajstić information content (AvgIpc) is 3.26. The molecule has 1 aromatic carbocycles. The lowest BCUT2D eigenvalue weighted by molar-refractivity contribution is -0.152. The van der Waals surface area contributed by atoms with E-state index in [1.165, 1.54) is 5.56 Å². The molecule has 8 heteroatoms. The number of aliphatic hydroxyl groups excluding tert-OH is 1. The van der Waals surface area contributed by atoms with E-state index in [0.717, 1.165) is 95.7 Å². The van der Waals surface area contributed by atoms with E-state index in [4.69, 9.17) is 14.6 Å². The Hall–Kier alpha value is -2.61. The third kappa shape index (κ3) is 8.21. The molecule has 1 saturated heterocycles. The van der Waals surface area contributed by atoms with Gasteiger partial charge in [-0.2, -0.15) is 0 Å². The van der Waals surface area contributed by atoms with E-state index >= 15 is 0 Å². The van der Waals surface area contributed by atoms with E-state index in [1.54, 1.807) is 0 Å². The topological polar surface area (TPSA) is 113 Å². The number of likely N-dealkylation sites (tertiary alicyclic amines) is 1. The highest BCUT2D eigenvalue weighted by Gasteiger charge is 2.45. The number of carbonyl (C=O) groups is 3. The fourth-order valence-corrected chi connectivity index (χ4v) is 7.10. The third-order valence-electron chi connectivity index (χ3n) is 9.20. The number of carbonyl (C=O) groups excluding carboxylic acids is 2. The second-order valence-corrected chi connectivity index (χ2v) is 12.0. The van der Waals surface area contributed by atoms with E-state index in [0.29, 0.717) is 17.6 Å². The van der Waals surface area contributed by atoms with Crippen molar-refractivity contribution >= 4 is 17.8 Å². The first-order chi connectivity index (χ1) is 19.4. The molecule has 4 rings (SSSR count). The lowest BCUT2D eigenvalue weighted by Gasteiger charge is -2.32. The van der Waals surface area contributed by atoms with Crippen LogP contribution in [0, 0.1) is 17.8 Å². The minimum absolute atomic E-state index is 0.0494. The molecular weight excluding hydrogens is 510 g/mol. The van der Waals surface area contributed by atoms with E-state index in [9.17, 15) is 19.5 Å². The summed E-state index contributed by atoms with van der Waals surface area (Å²) in [6.07, 6.45) is 10.8. The molecule has 2 aliphatic carbocycles. The molecule has 0 unspecified atom stereocenters. The van der Waals surface area contributed by atoms with Crippen LogP contribution >= 0.6 is 0 Å². The zero-order valence-electron chi connectivity index (χ0n) is 24.0. The number of carboxylic acid groups (broad SMARTS) is 1. The van der Waals surface area contributed by atoms with Gasteiger partial charge in [0.25, 0.3) is 0 Å². The smallest absolute Gasteiger partial charge is 0.341 e. The molecule has 222 valence electrons. The number of aliphatic hydroxyl groups is 1. The summed E-state index contributed by atoms with van der Waals surface area (Å²) in [6.45, 7) is 3.38. The van der Waals surface area contributed by atoms with Crippen molar-refractivity contribution in [2.75, 3.05) is 19.7 Å². The molecule has 1 saturated carbocycles. The molecule has 5 atom stereocenters. The van der Waals surface area contributed by atoms with Crippen molar-refractivity contribution in [3.05, 3.63) is 29.3 Å². The lowest BCUT2D eigenvalue weighted by Crippen LogP contribution is -2.35. The summed E-state index contributed by atoms with van der Waals surface area (Å²) >= 11 is 0. The second-order valence-electron chi connectivity index (χ2n) is 12.0. The van der Waals surface area contributed by atoms with Crippen LogP contribution in [-0.2, 0) is 32.0 Å². The van der Waals surface area contributed by atoms with E-state index in [-0.39, 0.29) is 43.3 Å². The Morgan fingerprint density at radius 3 is 2.60 bits per heavy atom. The molecule has 2 N–H and O–H groups in total. The number of amides is 1. The van der Waals surface area contributed by atoms with Gasteiger partial charge in [0.2, 0.25) is 5.91 Å². The molecule has 1 heterocycles. The molecule has 3 aliphatic rings. The van der Waals surface area contributed by atoms with Crippen LogP contribution < -0.4 is 4.74 Å². The van der Waals surface area contributed by atoms with Crippen LogP contribution in [-0.4, -0.2) is 64.9 Å². The van der Waals surface area contributed by atoms with Crippen molar-refractivity contribution in [3.63, 3.8) is 0 Å². The number of nitrogens with zero attached hydrogens (tertiary/aromatic N) is 1. The summed E-state index contributed by atoms with van der Waals surface area (Å²) in [4.78, 5) is 38.1. The van der Waals surface area contributed by atoms with Gasteiger partial charge in [0.1, 0.15) is 11.9 Å². The molecule has 8 nitrogen and oxygen atoms in total. The van der Waals surface area contributed by atoms with Gasteiger partial charge in [0.05, 0.1) is 12.5 Å². The quantitative estimate of drug-likeness (QED) is 0.246. The summed E-state index contributed by atoms with van der Waals surface area (Å²) in [7, 11) is 0. The van der Waals surface area contributed by atoms with Crippen LogP contribution in [0.3, 0.4) is 0 Å². The van der Waals surface area contributed by atoms with Crippen molar-refractivity contribution in [1.82, 2.24) is 4.90 Å². The van der Waals surface area contributed by atoms with Crippen molar-refractivity contribution < 1.29 is 34.1 Å². The normalized spacial score (nSPS) is 24.6. The molecule has 1 amide bonds. The second kappa shape index (κ2) is 14.9. The molecule has 1 aliphatic heterocycles. The monoisotopic (exact) mass is 557 g/mol. The van der Waals surface area contributed by atoms with Gasteiger partial charge in [-0.05, 0) is 99.2 Å². The number of fused-ring (bicyclic) bond motifs is 2. The zero-order chi connectivity index (χ0) is 28.5. The summed E-state index contributed by atoms with van der Waals surface area (Å²) < 4.78 is 11.5. The van der Waals surface area contributed by atoms with Gasteiger partial charge in [-0.3, -0.25) is 9.59 Å². The number of rotatable bonds is 14. The molecule has 0 bridgehead atoms. The highest BCUT2D eigenvalue weighted by atomic mass is 16.5. The Bertz CT molecular complexity index is 1000. The third-order valence-corrected chi connectivity index (χ3v) is 9.20. The predicted octanol–water partition coefficient (Wildman–Crippen LogP) is 4.93. The molecule has 2 fully saturated rings. The number of esters is 1. The fourth-order valence-electron chi connectivity index (χ4n) is 7.10. The first kappa shape index (κ1) is 30.4. The number of piperidine rings is 1. The summed E-state index contributed by atoms with van der Waals surface area (Å²) in [5.74, 6) is 0.194. The largest absolute Gasteiger partial charge is 0.482 e. The first-order valence-corrected chi connectivity index (χ1v) is 15.5. The average molecular weight is 558 g/mol. The van der Waals surface area contributed by atoms with Crippen LogP contribution in [0.25, 0.3) is 0 Å². The summed E-state index contributed by atoms with van der Waals surface area (Å²) in [5.41, 5.74) is 2.25. The standard InChI is InChI=1S/C32H47NO7/c1-2-3-5-10-24(40-32(38)15-14-30(35)33-16-6-4-7-17-33)12-13-25-26-18-22-9-8-11-29(39-21-31(36)37)27(22)19-23(26)20-28(25)34/h8-9,11,23-26,28,34H,2-7,10,12-21H2,1H3,(H,36,37)/t23-,24-,25+,26-,28+/m0/s1. The van der Waals surface area contributed by atoms with E-state index in [2.05, 4.69) is 13.0 Å². The maximum atomic E-state index is 12.7. The Kier molecular flexibility index (Phi) is 11.3. The zero-order valence-corrected chi connectivity index (χ0v) is 24.0. The van der Waals surface area contributed by atoms with Crippen molar-refractivity contribution in [2.24, 2.45) is 17.8 Å². The van der Waals surface area contributed by atoms with Crippen molar-refractivity contribution in [3.8, 4) is 5.75 Å². The molecule has 1 aromatic rings. The highest BCUT2D eigenvalue weighted by Crippen LogP contribution is 2.48. The minimum Gasteiger partial charge on any atom is -0.482 e. The van der Waals surface area contributed by atoms with Gasteiger partial charge in [-0.1, -0.05) is 31.9 Å². The number of aliphatic carboxylic acids is 1. The number of ether oxygens (including phenoxy) is 2. The Morgan fingerprint density at radius 2 is 1.85 bits per heavy atom. The van der Waals surface area contributed by atoms with Gasteiger partial charge in [0.15, 0.2) is 6.61 Å². The van der Waals surface area contributed by atoms with Gasteiger partial charge in [-0.15, -0.1) is 0 Å². The van der Waals surface area contributed by atoms with Crippen LogP contribution in [0.15, 0.2) is 18.2 Å². The Morgan fingerprint density at radius 1 is 1.05 bits per heavy atom. The number of unbranched alkanes of at least 4 members (excludes halogenated alkanes) is 2. The molecular formula is C32H47NO7. The summed E-state index contributed by atoms with van der Waals surface area (Å²) in [5, 5.41) is 20.1. The molecule has 0 spiro atoms. The van der Waals surface area contributed by atoms with Gasteiger partial charge in [0, 0.05) is 19.5 Å². The van der Waals surface area contributed by atoms with E-state index in [1.807, 2.05) is 17.0 Å². The maximum absolute atomic E-state index is 12.7. The number of hydrogen-bond donors (Lipinski definition) is 2. The highest BCUT2D eigenvalue weighted by molar-refractivity contribution is 5.81. The van der Waals surface area contributed by atoms with Gasteiger partial charge < -0.3 is 24.6 Å². The van der Waals surface area contributed by atoms with Crippen LogP contribution in [0.4, 0.5) is 0 Å². The van der Waals surface area contributed by atoms with Gasteiger partial charge >= 0.3 is 11.9 Å². The number of hydrogen-bond acceptors (Lipinski definition) is 6. The van der Waals surface area contributed by atoms with Crippen LogP contribution in [0.1, 0.15) is 95.1 Å². The molecule has 0 radical (unpaired) electrons. The number of carboxylic acids is 1. The van der Waals surface area contributed by atoms with Crippen molar-refractivity contribution in [1.29, 1.82) is 0 Å². The Labute approximate surface area is 238 Å². The fraction of sp³-hybridized carbons (Fsp3) is 0.719. The number of benzene rings is 1. The maximum Gasteiger partial charge on any atom is 0.341 e. The Balaban J connectivity index is 1.32. The van der Waals surface area contributed by atoms with Crippen molar-refractivity contribution in [2.45, 2.75) is 109 Å². The minimum atomic E-state index is -0.995. The lowest BCUT2D eigenvalue weighted by atomic mass is 9.73. The van der Waals surface area contributed by atoms with Gasteiger partial charge in [-0.25, -0.2) is 4.79 Å². The van der Waals surface area contributed by atoms with Crippen LogP contribution in [0.2, 0.25) is 0 Å². The summed E-state index contributed by atoms with van der Waals surface area (Å²) in [6, 6.07) is 5.83. The van der Waals surface area contributed by atoms with E-state index < -0.39 is 12.1 Å². The molecule has 0 aromatic heterocycles. The SMILES string of the molecule is CCCCC[C@@H](CC[C@@H]1[C@H]2Cc3cccc(OCC(=O)O)c3C[C@H]2C[C@H]1O)OC(=O)CCC(=O)N1CCCCC1. The first-order valence-electron chi connectivity index (χ1n) is 15.5. The predicted molar refractivity (Wildman–Crippen MR) is 151 cm³/mol. The van der Waals surface area contributed by atoms with Crippen LogP contribution in [0.5, 0.6) is 5.75 Å². The molecule has 40 heavy (non-hydrogen) atoms.